The number of hydrogen-bond acceptors (Lipinski definition) is 4. The SMILES string of the molecule is C[C@H]1Cc2cc(C(=O)N3CC[C@@](C)(C(=O)O)C3)ccc2N1S(C)(=O)=O. The summed E-state index contributed by atoms with van der Waals surface area (Å²) < 4.78 is 25.3. The maximum absolute atomic E-state index is 12.7. The molecule has 2 heterocycles. The molecule has 136 valence electrons. The average molecular weight is 366 g/mol. The van der Waals surface area contributed by atoms with Crippen LogP contribution in [0.3, 0.4) is 0 Å². The Morgan fingerprint density at radius 2 is 2.00 bits per heavy atom. The lowest BCUT2D eigenvalue weighted by atomic mass is 9.90. The lowest BCUT2D eigenvalue weighted by Crippen LogP contribution is -2.35. The fourth-order valence-corrected chi connectivity index (χ4v) is 5.00. The number of nitrogens with zero attached hydrogens (tertiary/aromatic N) is 2. The number of benzene rings is 1. The number of carbonyl (C=O) groups is 2. The zero-order valence-corrected chi connectivity index (χ0v) is 15.3. The summed E-state index contributed by atoms with van der Waals surface area (Å²) in [6.45, 7) is 4.08. The summed E-state index contributed by atoms with van der Waals surface area (Å²) in [5, 5.41) is 9.30. The molecule has 0 unspecified atom stereocenters. The van der Waals surface area contributed by atoms with Gasteiger partial charge in [-0.05, 0) is 50.5 Å². The Bertz CT molecular complexity index is 851. The van der Waals surface area contributed by atoms with Crippen molar-refractivity contribution in [1.29, 1.82) is 0 Å². The molecule has 3 rings (SSSR count). The van der Waals surface area contributed by atoms with Gasteiger partial charge in [0.25, 0.3) is 5.91 Å². The lowest BCUT2D eigenvalue weighted by Gasteiger charge is -2.22. The lowest BCUT2D eigenvalue weighted by molar-refractivity contribution is -0.147. The highest BCUT2D eigenvalue weighted by molar-refractivity contribution is 7.92. The molecule has 1 saturated heterocycles. The zero-order chi connectivity index (χ0) is 18.6. The van der Waals surface area contributed by atoms with E-state index < -0.39 is 21.4 Å². The molecule has 2 atom stereocenters. The van der Waals surface area contributed by atoms with Crippen LogP contribution in [0.4, 0.5) is 5.69 Å². The molecule has 1 aromatic carbocycles. The number of sulfonamides is 1. The summed E-state index contributed by atoms with van der Waals surface area (Å²) in [5.41, 5.74) is 0.997. The van der Waals surface area contributed by atoms with Crippen LogP contribution in [-0.4, -0.2) is 55.7 Å². The molecule has 2 aliphatic heterocycles. The van der Waals surface area contributed by atoms with Crippen LogP contribution in [0.1, 0.15) is 36.2 Å². The van der Waals surface area contributed by atoms with E-state index in [4.69, 9.17) is 0 Å². The largest absolute Gasteiger partial charge is 0.481 e. The summed E-state index contributed by atoms with van der Waals surface area (Å²) in [7, 11) is -3.37. The summed E-state index contributed by atoms with van der Waals surface area (Å²) in [4.78, 5) is 25.6. The quantitative estimate of drug-likeness (QED) is 0.871. The van der Waals surface area contributed by atoms with Gasteiger partial charge in [-0.3, -0.25) is 13.9 Å². The van der Waals surface area contributed by atoms with Crippen LogP contribution in [0, 0.1) is 5.41 Å². The Balaban J connectivity index is 1.86. The summed E-state index contributed by atoms with van der Waals surface area (Å²) >= 11 is 0. The fraction of sp³-hybridized carbons (Fsp3) is 0.529. The third kappa shape index (κ3) is 2.99. The molecular formula is C17H22N2O5S. The number of hydrogen-bond donors (Lipinski definition) is 1. The highest BCUT2D eigenvalue weighted by atomic mass is 32.2. The number of fused-ring (bicyclic) bond motifs is 1. The van der Waals surface area contributed by atoms with Gasteiger partial charge in [-0.15, -0.1) is 0 Å². The summed E-state index contributed by atoms with van der Waals surface area (Å²) in [6, 6.07) is 4.83. The van der Waals surface area contributed by atoms with Crippen molar-refractivity contribution < 1.29 is 23.1 Å². The third-order valence-electron chi connectivity index (χ3n) is 5.11. The maximum Gasteiger partial charge on any atom is 0.311 e. The smallest absolute Gasteiger partial charge is 0.311 e. The van der Waals surface area contributed by atoms with Crippen molar-refractivity contribution in [2.45, 2.75) is 32.7 Å². The molecule has 0 saturated carbocycles. The number of aliphatic carboxylic acids is 1. The first kappa shape index (κ1) is 17.7. The number of amides is 1. The minimum atomic E-state index is -3.37. The highest BCUT2D eigenvalue weighted by Crippen LogP contribution is 2.36. The second kappa shape index (κ2) is 5.72. The number of anilines is 1. The van der Waals surface area contributed by atoms with Crippen molar-refractivity contribution >= 4 is 27.6 Å². The Kier molecular flexibility index (Phi) is 4.06. The molecular weight excluding hydrogens is 344 g/mol. The van der Waals surface area contributed by atoms with E-state index in [0.717, 1.165) is 5.56 Å². The van der Waals surface area contributed by atoms with Crippen LogP contribution in [0.25, 0.3) is 0 Å². The Labute approximate surface area is 147 Å². The van der Waals surface area contributed by atoms with E-state index in [9.17, 15) is 23.1 Å². The van der Waals surface area contributed by atoms with Gasteiger partial charge in [0, 0.05) is 24.7 Å². The molecule has 25 heavy (non-hydrogen) atoms. The first-order valence-corrected chi connectivity index (χ1v) is 10.0. The predicted molar refractivity (Wildman–Crippen MR) is 93.2 cm³/mol. The van der Waals surface area contributed by atoms with Crippen molar-refractivity contribution in [3.8, 4) is 0 Å². The third-order valence-corrected chi connectivity index (χ3v) is 6.38. The Hall–Kier alpha value is -2.09. The molecule has 0 radical (unpaired) electrons. The molecule has 2 aliphatic rings. The minimum absolute atomic E-state index is 0.183. The molecule has 0 bridgehead atoms. The first-order valence-electron chi connectivity index (χ1n) is 8.18. The topological polar surface area (TPSA) is 95.0 Å². The van der Waals surface area contributed by atoms with E-state index in [0.29, 0.717) is 30.6 Å². The van der Waals surface area contributed by atoms with Crippen molar-refractivity contribution in [3.05, 3.63) is 29.3 Å². The number of rotatable bonds is 3. The highest BCUT2D eigenvalue weighted by Gasteiger charge is 2.42. The van der Waals surface area contributed by atoms with Crippen LogP contribution < -0.4 is 4.31 Å². The summed E-state index contributed by atoms with van der Waals surface area (Å²) in [6.07, 6.45) is 2.16. The minimum Gasteiger partial charge on any atom is -0.481 e. The molecule has 1 fully saturated rings. The van der Waals surface area contributed by atoms with E-state index >= 15 is 0 Å². The van der Waals surface area contributed by atoms with Crippen molar-refractivity contribution in [2.24, 2.45) is 5.41 Å². The molecule has 1 aromatic rings. The van der Waals surface area contributed by atoms with Gasteiger partial charge in [0.2, 0.25) is 10.0 Å². The number of likely N-dealkylation sites (tertiary alicyclic amines) is 1. The van der Waals surface area contributed by atoms with Gasteiger partial charge in [0.05, 0.1) is 17.4 Å². The van der Waals surface area contributed by atoms with Crippen LogP contribution >= 0.6 is 0 Å². The standard InChI is InChI=1S/C17H22N2O5S/c1-11-8-13-9-12(4-5-14(13)19(11)25(3,23)24)15(20)18-7-6-17(2,10-18)16(21)22/h4-5,9,11H,6-8,10H2,1-3H3,(H,21,22)/t11-,17+/m0/s1. The number of carboxylic acid groups (broad SMARTS) is 1. The van der Waals surface area contributed by atoms with E-state index in [2.05, 4.69) is 0 Å². The molecule has 0 spiro atoms. The fourth-order valence-electron chi connectivity index (χ4n) is 3.73. The zero-order valence-electron chi connectivity index (χ0n) is 14.5. The van der Waals surface area contributed by atoms with Crippen molar-refractivity contribution in [1.82, 2.24) is 4.90 Å². The van der Waals surface area contributed by atoms with Gasteiger partial charge in [0.1, 0.15) is 0 Å². The average Bonchev–Trinajstić information content (AvgIpc) is 3.05. The van der Waals surface area contributed by atoms with Crippen LogP contribution in [0.2, 0.25) is 0 Å². The van der Waals surface area contributed by atoms with Gasteiger partial charge in [-0.25, -0.2) is 8.42 Å². The van der Waals surface area contributed by atoms with E-state index in [1.807, 2.05) is 6.92 Å². The predicted octanol–water partition coefficient (Wildman–Crippen LogP) is 1.33. The van der Waals surface area contributed by atoms with Crippen molar-refractivity contribution in [2.75, 3.05) is 23.7 Å². The normalized spacial score (nSPS) is 26.0. The van der Waals surface area contributed by atoms with Crippen LogP contribution in [0.15, 0.2) is 18.2 Å². The van der Waals surface area contributed by atoms with E-state index in [1.165, 1.54) is 10.6 Å². The molecule has 0 aromatic heterocycles. The number of carbonyl (C=O) groups excluding carboxylic acids is 1. The van der Waals surface area contributed by atoms with Crippen molar-refractivity contribution in [3.63, 3.8) is 0 Å². The first-order chi connectivity index (χ1) is 11.5. The summed E-state index contributed by atoms with van der Waals surface area (Å²) in [5.74, 6) is -1.10. The van der Waals surface area contributed by atoms with E-state index in [-0.39, 0.29) is 18.5 Å². The molecule has 0 aliphatic carbocycles. The second-order valence-corrected chi connectivity index (χ2v) is 9.16. The molecule has 7 nitrogen and oxygen atoms in total. The Morgan fingerprint density at radius 3 is 2.56 bits per heavy atom. The molecule has 1 amide bonds. The molecule has 1 N–H and O–H groups in total. The monoisotopic (exact) mass is 366 g/mol. The van der Waals surface area contributed by atoms with Crippen LogP contribution in [0.5, 0.6) is 0 Å². The van der Waals surface area contributed by atoms with Gasteiger partial charge in [-0.2, -0.15) is 0 Å². The number of carboxylic acids is 1. The van der Waals surface area contributed by atoms with Crippen LogP contribution in [-0.2, 0) is 21.2 Å². The molecule has 8 heteroatoms. The van der Waals surface area contributed by atoms with Gasteiger partial charge in [0.15, 0.2) is 0 Å². The van der Waals surface area contributed by atoms with Gasteiger partial charge < -0.3 is 10.0 Å². The van der Waals surface area contributed by atoms with E-state index in [1.54, 1.807) is 30.0 Å². The van der Waals surface area contributed by atoms with Gasteiger partial charge in [-0.1, -0.05) is 0 Å². The Morgan fingerprint density at radius 1 is 1.32 bits per heavy atom. The maximum atomic E-state index is 12.7. The second-order valence-electron chi connectivity index (χ2n) is 7.30. The van der Waals surface area contributed by atoms with Gasteiger partial charge >= 0.3 is 5.97 Å².